The molecule has 2 rings (SSSR count). The molecule has 0 saturated carbocycles. The highest BCUT2D eigenvalue weighted by Crippen LogP contribution is 2.07. The van der Waals surface area contributed by atoms with Crippen molar-refractivity contribution in [1.29, 1.82) is 0 Å². The van der Waals surface area contributed by atoms with Crippen molar-refractivity contribution in [2.45, 2.75) is 33.9 Å². The summed E-state index contributed by atoms with van der Waals surface area (Å²) >= 11 is 0. The van der Waals surface area contributed by atoms with Crippen molar-refractivity contribution in [3.05, 3.63) is 35.7 Å². The van der Waals surface area contributed by atoms with Gasteiger partial charge in [0, 0.05) is 25.0 Å². The van der Waals surface area contributed by atoms with Gasteiger partial charge in [-0.25, -0.2) is 4.98 Å². The molecule has 2 aromatic heterocycles. The molecule has 2 aromatic rings. The van der Waals surface area contributed by atoms with E-state index in [1.54, 1.807) is 6.20 Å². The van der Waals surface area contributed by atoms with Crippen LogP contribution in [0.4, 0.5) is 0 Å². The molecule has 18 heavy (non-hydrogen) atoms. The fraction of sp³-hybridized carbons (Fsp3) is 0.538. The third-order valence-corrected chi connectivity index (χ3v) is 2.72. The van der Waals surface area contributed by atoms with E-state index in [0.29, 0.717) is 12.5 Å². The van der Waals surface area contributed by atoms with Crippen LogP contribution in [0.1, 0.15) is 31.1 Å². The Kier molecular flexibility index (Phi) is 4.15. The van der Waals surface area contributed by atoms with Crippen LogP contribution in [0.3, 0.4) is 0 Å². The van der Waals surface area contributed by atoms with Gasteiger partial charge in [0.05, 0.1) is 12.2 Å². The lowest BCUT2D eigenvalue weighted by molar-refractivity contribution is 0.367. The summed E-state index contributed by atoms with van der Waals surface area (Å²) in [5.41, 5.74) is 0.948. The average Bonchev–Trinajstić information content (AvgIpc) is 2.90. The summed E-state index contributed by atoms with van der Waals surface area (Å²) in [4.78, 5) is 4.18. The number of imidazole rings is 1. The predicted octanol–water partition coefficient (Wildman–Crippen LogP) is 1.97. The van der Waals surface area contributed by atoms with Gasteiger partial charge in [-0.2, -0.15) is 0 Å². The fourth-order valence-corrected chi connectivity index (χ4v) is 1.74. The summed E-state index contributed by atoms with van der Waals surface area (Å²) < 4.78 is 7.35. The standard InChI is InChI=1S/C13H20N4O/c1-10(2)7-14-8-12-6-13(18-16-12)9-17-5-4-15-11(17)3/h4-6,10,14H,7-9H2,1-3H3. The minimum absolute atomic E-state index is 0.643. The van der Waals surface area contributed by atoms with Crippen LogP contribution in [-0.2, 0) is 13.1 Å². The van der Waals surface area contributed by atoms with Gasteiger partial charge in [-0.1, -0.05) is 19.0 Å². The van der Waals surface area contributed by atoms with E-state index in [0.717, 1.165) is 30.4 Å². The van der Waals surface area contributed by atoms with Crippen LogP contribution in [0, 0.1) is 12.8 Å². The second-order valence-corrected chi connectivity index (χ2v) is 4.91. The largest absolute Gasteiger partial charge is 0.359 e. The minimum Gasteiger partial charge on any atom is -0.359 e. The van der Waals surface area contributed by atoms with E-state index in [1.165, 1.54) is 0 Å². The first kappa shape index (κ1) is 12.8. The first-order valence-electron chi connectivity index (χ1n) is 6.28. The van der Waals surface area contributed by atoms with Crippen LogP contribution in [-0.4, -0.2) is 21.3 Å². The van der Waals surface area contributed by atoms with Crippen LogP contribution >= 0.6 is 0 Å². The molecule has 0 unspecified atom stereocenters. The summed E-state index contributed by atoms with van der Waals surface area (Å²) in [6.07, 6.45) is 3.73. The van der Waals surface area contributed by atoms with Crippen molar-refractivity contribution in [2.24, 2.45) is 5.92 Å². The molecule has 0 aliphatic carbocycles. The van der Waals surface area contributed by atoms with E-state index in [9.17, 15) is 0 Å². The van der Waals surface area contributed by atoms with Crippen LogP contribution in [0.2, 0.25) is 0 Å². The maximum Gasteiger partial charge on any atom is 0.156 e. The minimum atomic E-state index is 0.643. The Morgan fingerprint density at radius 1 is 1.44 bits per heavy atom. The number of nitrogens with one attached hydrogen (secondary N) is 1. The normalized spacial score (nSPS) is 11.3. The van der Waals surface area contributed by atoms with Crippen molar-refractivity contribution < 1.29 is 4.52 Å². The van der Waals surface area contributed by atoms with Crippen molar-refractivity contribution in [2.75, 3.05) is 6.54 Å². The molecule has 0 amide bonds. The fourth-order valence-electron chi connectivity index (χ4n) is 1.74. The Labute approximate surface area is 107 Å². The second kappa shape index (κ2) is 5.82. The maximum absolute atomic E-state index is 5.31. The van der Waals surface area contributed by atoms with Crippen LogP contribution in [0.15, 0.2) is 23.0 Å². The molecule has 0 bridgehead atoms. The third-order valence-electron chi connectivity index (χ3n) is 2.72. The summed E-state index contributed by atoms with van der Waals surface area (Å²) in [5.74, 6) is 2.48. The number of nitrogens with zero attached hydrogens (tertiary/aromatic N) is 3. The molecule has 98 valence electrons. The molecule has 0 spiro atoms. The molecule has 0 saturated heterocycles. The van der Waals surface area contributed by atoms with Gasteiger partial charge in [0.25, 0.3) is 0 Å². The summed E-state index contributed by atoms with van der Waals surface area (Å²) in [7, 11) is 0. The van der Waals surface area contributed by atoms with Crippen LogP contribution < -0.4 is 5.32 Å². The monoisotopic (exact) mass is 248 g/mol. The van der Waals surface area contributed by atoms with Gasteiger partial charge in [0.2, 0.25) is 0 Å². The highest BCUT2D eigenvalue weighted by atomic mass is 16.5. The molecule has 0 aliphatic heterocycles. The molecular formula is C13H20N4O. The zero-order valence-corrected chi connectivity index (χ0v) is 11.2. The highest BCUT2D eigenvalue weighted by molar-refractivity contribution is 5.06. The number of hydrogen-bond acceptors (Lipinski definition) is 4. The van der Waals surface area contributed by atoms with Gasteiger partial charge in [-0.15, -0.1) is 0 Å². The van der Waals surface area contributed by atoms with E-state index in [1.807, 2.05) is 23.8 Å². The maximum atomic E-state index is 5.31. The zero-order chi connectivity index (χ0) is 13.0. The highest BCUT2D eigenvalue weighted by Gasteiger charge is 2.06. The summed E-state index contributed by atoms with van der Waals surface area (Å²) in [5, 5.41) is 7.40. The molecule has 0 atom stereocenters. The van der Waals surface area contributed by atoms with Gasteiger partial charge in [0.15, 0.2) is 5.76 Å². The first-order valence-corrected chi connectivity index (χ1v) is 6.28. The van der Waals surface area contributed by atoms with E-state index in [-0.39, 0.29) is 0 Å². The molecular weight excluding hydrogens is 228 g/mol. The second-order valence-electron chi connectivity index (χ2n) is 4.91. The van der Waals surface area contributed by atoms with Crippen molar-refractivity contribution in [3.8, 4) is 0 Å². The van der Waals surface area contributed by atoms with E-state index < -0.39 is 0 Å². The summed E-state index contributed by atoms with van der Waals surface area (Å²) in [6, 6.07) is 1.99. The smallest absolute Gasteiger partial charge is 0.156 e. The molecule has 5 heteroatoms. The quantitative estimate of drug-likeness (QED) is 0.849. The molecule has 2 heterocycles. The lowest BCUT2D eigenvalue weighted by Crippen LogP contribution is -2.19. The molecule has 5 nitrogen and oxygen atoms in total. The molecule has 0 radical (unpaired) electrons. The van der Waals surface area contributed by atoms with Crippen LogP contribution in [0.25, 0.3) is 0 Å². The van der Waals surface area contributed by atoms with Crippen LogP contribution in [0.5, 0.6) is 0 Å². The average molecular weight is 248 g/mol. The molecule has 1 N–H and O–H groups in total. The Morgan fingerprint density at radius 3 is 2.94 bits per heavy atom. The number of aryl methyl sites for hydroxylation is 1. The van der Waals surface area contributed by atoms with Gasteiger partial charge in [-0.05, 0) is 19.4 Å². The Balaban J connectivity index is 1.88. The predicted molar refractivity (Wildman–Crippen MR) is 69.1 cm³/mol. The van der Waals surface area contributed by atoms with Gasteiger partial charge >= 0.3 is 0 Å². The van der Waals surface area contributed by atoms with E-state index in [4.69, 9.17) is 4.52 Å². The molecule has 0 fully saturated rings. The van der Waals surface area contributed by atoms with Gasteiger partial charge in [-0.3, -0.25) is 0 Å². The van der Waals surface area contributed by atoms with E-state index >= 15 is 0 Å². The lowest BCUT2D eigenvalue weighted by atomic mass is 10.2. The van der Waals surface area contributed by atoms with Crippen molar-refractivity contribution in [3.63, 3.8) is 0 Å². The number of hydrogen-bond donors (Lipinski definition) is 1. The van der Waals surface area contributed by atoms with Crippen molar-refractivity contribution in [1.82, 2.24) is 20.0 Å². The van der Waals surface area contributed by atoms with E-state index in [2.05, 4.69) is 29.3 Å². The lowest BCUT2D eigenvalue weighted by Gasteiger charge is -2.04. The molecule has 0 aliphatic rings. The topological polar surface area (TPSA) is 55.9 Å². The number of aromatic nitrogens is 3. The first-order chi connectivity index (χ1) is 8.65. The SMILES string of the molecule is Cc1nccn1Cc1cc(CNCC(C)C)no1. The zero-order valence-electron chi connectivity index (χ0n) is 11.2. The Morgan fingerprint density at radius 2 is 2.28 bits per heavy atom. The van der Waals surface area contributed by atoms with Gasteiger partial charge < -0.3 is 14.4 Å². The summed E-state index contributed by atoms with van der Waals surface area (Å²) in [6.45, 7) is 8.77. The van der Waals surface area contributed by atoms with Gasteiger partial charge in [0.1, 0.15) is 5.82 Å². The Bertz CT molecular complexity index is 487. The Hall–Kier alpha value is -1.62. The van der Waals surface area contributed by atoms with Crippen molar-refractivity contribution >= 4 is 0 Å². The number of rotatable bonds is 6. The molecule has 0 aromatic carbocycles. The third kappa shape index (κ3) is 3.43.